The number of hydrogen-bond acceptors (Lipinski definition) is 4. The fourth-order valence-corrected chi connectivity index (χ4v) is 4.21. The normalized spacial score (nSPS) is 15.6. The Balaban J connectivity index is 1.87. The molecule has 0 unspecified atom stereocenters. The summed E-state index contributed by atoms with van der Waals surface area (Å²) in [6, 6.07) is 9.97. The van der Waals surface area contributed by atoms with E-state index in [1.807, 2.05) is 0 Å². The number of anilines is 1. The van der Waals surface area contributed by atoms with Crippen molar-refractivity contribution in [2.24, 2.45) is 0 Å². The van der Waals surface area contributed by atoms with Gasteiger partial charge in [0.1, 0.15) is 5.82 Å². The van der Waals surface area contributed by atoms with E-state index in [1.54, 1.807) is 24.3 Å². The third kappa shape index (κ3) is 4.12. The largest absolute Gasteiger partial charge is 0.379 e. The van der Waals surface area contributed by atoms with Crippen molar-refractivity contribution in [3.8, 4) is 0 Å². The average molecular weight is 443 g/mol. The molecule has 0 bridgehead atoms. The van der Waals surface area contributed by atoms with Gasteiger partial charge in [0, 0.05) is 23.2 Å². The summed E-state index contributed by atoms with van der Waals surface area (Å²) >= 11 is 3.28. The van der Waals surface area contributed by atoms with Crippen LogP contribution in [0, 0.1) is 5.82 Å². The van der Waals surface area contributed by atoms with Crippen LogP contribution in [0.4, 0.5) is 10.1 Å². The van der Waals surface area contributed by atoms with E-state index in [9.17, 15) is 17.6 Å². The van der Waals surface area contributed by atoms with Gasteiger partial charge >= 0.3 is 0 Å². The van der Waals surface area contributed by atoms with Gasteiger partial charge in [-0.25, -0.2) is 12.8 Å². The molecule has 1 amide bonds. The lowest BCUT2D eigenvalue weighted by Crippen LogP contribution is -2.40. The number of nitrogens with one attached hydrogen (secondary N) is 1. The highest BCUT2D eigenvalue weighted by molar-refractivity contribution is 9.10. The summed E-state index contributed by atoms with van der Waals surface area (Å²) in [6.07, 6.45) is 0. The third-order valence-electron chi connectivity index (χ3n) is 3.89. The molecule has 1 saturated heterocycles. The van der Waals surface area contributed by atoms with Gasteiger partial charge in [0.25, 0.3) is 5.91 Å². The summed E-state index contributed by atoms with van der Waals surface area (Å²) in [4.78, 5) is 12.3. The van der Waals surface area contributed by atoms with Crippen molar-refractivity contribution in [3.63, 3.8) is 0 Å². The first-order chi connectivity index (χ1) is 12.4. The smallest absolute Gasteiger partial charge is 0.258 e. The molecule has 138 valence electrons. The number of morpholine rings is 1. The van der Waals surface area contributed by atoms with Crippen LogP contribution >= 0.6 is 15.9 Å². The second-order valence-electron chi connectivity index (χ2n) is 5.62. The highest BCUT2D eigenvalue weighted by Crippen LogP contribution is 2.22. The molecule has 9 heteroatoms. The van der Waals surface area contributed by atoms with Crippen molar-refractivity contribution < 1.29 is 22.3 Å². The molecule has 1 N–H and O–H groups in total. The number of sulfonamides is 1. The highest BCUT2D eigenvalue weighted by atomic mass is 79.9. The molecule has 0 saturated carbocycles. The molecule has 3 rings (SSSR count). The zero-order valence-electron chi connectivity index (χ0n) is 13.6. The van der Waals surface area contributed by atoms with Crippen LogP contribution in [0.5, 0.6) is 0 Å². The molecule has 1 heterocycles. The first kappa shape index (κ1) is 19.0. The second kappa shape index (κ2) is 7.83. The first-order valence-electron chi connectivity index (χ1n) is 7.82. The Hall–Kier alpha value is -1.81. The standard InChI is InChI=1S/C17H16BrFN2O4S/c18-12-1-3-13(4-2-12)20-17(22)15-11-14(5-6-16(15)19)26(23,24)21-7-9-25-10-8-21/h1-6,11H,7-10H2,(H,20,22). The Morgan fingerprint density at radius 2 is 1.77 bits per heavy atom. The lowest BCUT2D eigenvalue weighted by atomic mass is 10.2. The molecule has 0 radical (unpaired) electrons. The zero-order valence-corrected chi connectivity index (χ0v) is 16.0. The topological polar surface area (TPSA) is 75.7 Å². The number of halogens is 2. The number of rotatable bonds is 4. The van der Waals surface area contributed by atoms with Crippen LogP contribution in [-0.2, 0) is 14.8 Å². The van der Waals surface area contributed by atoms with Gasteiger partial charge in [-0.2, -0.15) is 4.31 Å². The molecule has 1 aliphatic heterocycles. The van der Waals surface area contributed by atoms with E-state index in [-0.39, 0.29) is 23.5 Å². The molecule has 2 aromatic rings. The zero-order chi connectivity index (χ0) is 18.7. The van der Waals surface area contributed by atoms with Crippen molar-refractivity contribution in [3.05, 3.63) is 58.3 Å². The summed E-state index contributed by atoms with van der Waals surface area (Å²) in [5.74, 6) is -1.51. The number of carbonyl (C=O) groups is 1. The van der Waals surface area contributed by atoms with Crippen molar-refractivity contribution in [2.45, 2.75) is 4.90 Å². The van der Waals surface area contributed by atoms with E-state index in [0.29, 0.717) is 18.9 Å². The van der Waals surface area contributed by atoms with E-state index in [1.165, 1.54) is 4.31 Å². The van der Waals surface area contributed by atoms with Crippen LogP contribution in [0.2, 0.25) is 0 Å². The van der Waals surface area contributed by atoms with Crippen LogP contribution in [-0.4, -0.2) is 44.9 Å². The van der Waals surface area contributed by atoms with E-state index >= 15 is 0 Å². The maximum Gasteiger partial charge on any atom is 0.258 e. The van der Waals surface area contributed by atoms with Crippen LogP contribution < -0.4 is 5.32 Å². The number of carbonyl (C=O) groups excluding carboxylic acids is 1. The van der Waals surface area contributed by atoms with Gasteiger partial charge in [-0.1, -0.05) is 15.9 Å². The first-order valence-corrected chi connectivity index (χ1v) is 10.1. The van der Waals surface area contributed by atoms with Crippen molar-refractivity contribution >= 4 is 37.5 Å². The summed E-state index contributed by atoms with van der Waals surface area (Å²) in [5.41, 5.74) is 0.140. The van der Waals surface area contributed by atoms with Crippen molar-refractivity contribution in [1.82, 2.24) is 4.31 Å². The number of amides is 1. The molecule has 0 atom stereocenters. The fourth-order valence-electron chi connectivity index (χ4n) is 2.51. The molecule has 26 heavy (non-hydrogen) atoms. The number of nitrogens with zero attached hydrogens (tertiary/aromatic N) is 1. The summed E-state index contributed by atoms with van der Waals surface area (Å²) in [7, 11) is -3.81. The minimum atomic E-state index is -3.81. The second-order valence-corrected chi connectivity index (χ2v) is 8.47. The predicted molar refractivity (Wildman–Crippen MR) is 98.1 cm³/mol. The van der Waals surface area contributed by atoms with Gasteiger partial charge in [-0.3, -0.25) is 4.79 Å². The average Bonchev–Trinajstić information content (AvgIpc) is 2.64. The van der Waals surface area contributed by atoms with E-state index in [4.69, 9.17) is 4.74 Å². The maximum atomic E-state index is 14.1. The summed E-state index contributed by atoms with van der Waals surface area (Å²) in [6.45, 7) is 1.05. The maximum absolute atomic E-state index is 14.1. The van der Waals surface area contributed by atoms with Gasteiger partial charge in [-0.05, 0) is 42.5 Å². The van der Waals surface area contributed by atoms with Gasteiger partial charge in [0.15, 0.2) is 0 Å². The quantitative estimate of drug-likeness (QED) is 0.789. The van der Waals surface area contributed by atoms with Gasteiger partial charge in [0.2, 0.25) is 10.0 Å². The molecule has 1 aliphatic rings. The van der Waals surface area contributed by atoms with Gasteiger partial charge in [-0.15, -0.1) is 0 Å². The Morgan fingerprint density at radius 1 is 1.12 bits per heavy atom. The third-order valence-corrected chi connectivity index (χ3v) is 6.32. The molecule has 0 aromatic heterocycles. The van der Waals surface area contributed by atoms with Crippen LogP contribution in [0.3, 0.4) is 0 Å². The molecule has 1 fully saturated rings. The Morgan fingerprint density at radius 3 is 2.42 bits per heavy atom. The minimum Gasteiger partial charge on any atom is -0.379 e. The van der Waals surface area contributed by atoms with E-state index in [0.717, 1.165) is 22.7 Å². The van der Waals surface area contributed by atoms with Gasteiger partial charge < -0.3 is 10.1 Å². The Labute approximate surface area is 159 Å². The lowest BCUT2D eigenvalue weighted by Gasteiger charge is -2.26. The molecule has 0 spiro atoms. The molecular weight excluding hydrogens is 427 g/mol. The van der Waals surface area contributed by atoms with Crippen molar-refractivity contribution in [2.75, 3.05) is 31.6 Å². The lowest BCUT2D eigenvalue weighted by molar-refractivity contribution is 0.0730. The Kier molecular flexibility index (Phi) is 5.71. The summed E-state index contributed by atoms with van der Waals surface area (Å²) in [5, 5.41) is 2.56. The number of ether oxygens (including phenoxy) is 1. The van der Waals surface area contributed by atoms with Crippen LogP contribution in [0.25, 0.3) is 0 Å². The van der Waals surface area contributed by atoms with Crippen LogP contribution in [0.1, 0.15) is 10.4 Å². The van der Waals surface area contributed by atoms with Crippen molar-refractivity contribution in [1.29, 1.82) is 0 Å². The SMILES string of the molecule is O=C(Nc1ccc(Br)cc1)c1cc(S(=O)(=O)N2CCOCC2)ccc1F. The van der Waals surface area contributed by atoms with Gasteiger partial charge in [0.05, 0.1) is 23.7 Å². The minimum absolute atomic E-state index is 0.123. The van der Waals surface area contributed by atoms with E-state index in [2.05, 4.69) is 21.2 Å². The highest BCUT2D eigenvalue weighted by Gasteiger charge is 2.27. The molecule has 0 aliphatic carbocycles. The monoisotopic (exact) mass is 442 g/mol. The van der Waals surface area contributed by atoms with Crippen LogP contribution in [0.15, 0.2) is 51.8 Å². The number of benzene rings is 2. The summed E-state index contributed by atoms with van der Waals surface area (Å²) < 4.78 is 46.7. The van der Waals surface area contributed by atoms with E-state index < -0.39 is 21.7 Å². The fraction of sp³-hybridized carbons (Fsp3) is 0.235. The number of hydrogen-bond donors (Lipinski definition) is 1. The predicted octanol–water partition coefficient (Wildman–Crippen LogP) is 2.86. The molecule has 2 aromatic carbocycles. The molecular formula is C17H16BrFN2O4S. The molecule has 6 nitrogen and oxygen atoms in total. The Bertz CT molecular complexity index is 913.